The Morgan fingerprint density at radius 3 is 2.74 bits per heavy atom. The van der Waals surface area contributed by atoms with Crippen molar-refractivity contribution in [2.24, 2.45) is 7.05 Å². The first kappa shape index (κ1) is 16.1. The number of halogens is 1. The van der Waals surface area contributed by atoms with Crippen LogP contribution in [-0.4, -0.2) is 32.3 Å². The molecule has 136 valence electrons. The third-order valence-electron chi connectivity index (χ3n) is 5.25. The van der Waals surface area contributed by atoms with Crippen molar-refractivity contribution in [3.8, 4) is 11.1 Å². The Balaban J connectivity index is 1.82. The van der Waals surface area contributed by atoms with Crippen LogP contribution in [0.1, 0.15) is 12.5 Å². The Labute approximate surface area is 153 Å². The second-order valence-electron chi connectivity index (χ2n) is 6.82. The van der Waals surface area contributed by atoms with Gasteiger partial charge in [0.15, 0.2) is 0 Å². The molecule has 4 heterocycles. The van der Waals surface area contributed by atoms with E-state index in [1.165, 1.54) is 12.3 Å². The summed E-state index contributed by atoms with van der Waals surface area (Å²) in [4.78, 5) is 21.2. The Bertz CT molecular complexity index is 1220. The highest BCUT2D eigenvalue weighted by atomic mass is 19.1. The van der Waals surface area contributed by atoms with E-state index in [9.17, 15) is 9.18 Å². The normalized spacial score (nSPS) is 17.2. The summed E-state index contributed by atoms with van der Waals surface area (Å²) in [6.07, 6.45) is 4.06. The highest BCUT2D eigenvalue weighted by Crippen LogP contribution is 2.31. The van der Waals surface area contributed by atoms with Gasteiger partial charge in [-0.05, 0) is 36.2 Å². The van der Waals surface area contributed by atoms with Crippen LogP contribution in [0.4, 0.5) is 4.39 Å². The average Bonchev–Trinajstić information content (AvgIpc) is 3.29. The van der Waals surface area contributed by atoms with E-state index in [4.69, 9.17) is 4.74 Å². The van der Waals surface area contributed by atoms with Gasteiger partial charge in [0.1, 0.15) is 0 Å². The summed E-state index contributed by atoms with van der Waals surface area (Å²) >= 11 is 0. The van der Waals surface area contributed by atoms with Gasteiger partial charge in [-0.3, -0.25) is 14.1 Å². The van der Waals surface area contributed by atoms with Crippen LogP contribution in [0.2, 0.25) is 0 Å². The minimum atomic E-state index is -0.512. The number of pyridine rings is 2. The van der Waals surface area contributed by atoms with Crippen molar-refractivity contribution in [1.29, 1.82) is 0 Å². The van der Waals surface area contributed by atoms with Crippen LogP contribution in [0.5, 0.6) is 0 Å². The van der Waals surface area contributed by atoms with Crippen LogP contribution in [0.25, 0.3) is 33.1 Å². The molecule has 0 aliphatic carbocycles. The van der Waals surface area contributed by atoms with Gasteiger partial charge >= 0.3 is 5.69 Å². The smallest absolute Gasteiger partial charge is 0.329 e. The Morgan fingerprint density at radius 2 is 2.00 bits per heavy atom. The van der Waals surface area contributed by atoms with E-state index in [0.717, 1.165) is 39.5 Å². The molecule has 0 N–H and O–H groups in total. The first-order valence-corrected chi connectivity index (χ1v) is 8.83. The lowest BCUT2D eigenvalue weighted by atomic mass is 10.0. The zero-order valence-corrected chi connectivity index (χ0v) is 14.7. The van der Waals surface area contributed by atoms with Crippen molar-refractivity contribution in [3.05, 3.63) is 59.2 Å². The number of aromatic nitrogens is 4. The minimum Gasteiger partial charge on any atom is -0.379 e. The van der Waals surface area contributed by atoms with Crippen molar-refractivity contribution in [3.63, 3.8) is 0 Å². The van der Waals surface area contributed by atoms with Gasteiger partial charge in [0.2, 0.25) is 5.95 Å². The van der Waals surface area contributed by atoms with Gasteiger partial charge in [-0.15, -0.1) is 0 Å². The Kier molecular flexibility index (Phi) is 3.58. The lowest BCUT2D eigenvalue weighted by molar-refractivity contribution is 0.186. The molecule has 1 fully saturated rings. The van der Waals surface area contributed by atoms with Gasteiger partial charge in [-0.25, -0.2) is 9.78 Å². The van der Waals surface area contributed by atoms with Gasteiger partial charge in [-0.2, -0.15) is 4.39 Å². The molecule has 1 aromatic carbocycles. The van der Waals surface area contributed by atoms with Crippen LogP contribution < -0.4 is 5.69 Å². The number of nitrogens with zero attached hydrogens (tertiary/aromatic N) is 4. The van der Waals surface area contributed by atoms with Crippen molar-refractivity contribution in [2.75, 3.05) is 13.2 Å². The molecule has 0 radical (unpaired) electrons. The predicted molar refractivity (Wildman–Crippen MR) is 100 cm³/mol. The van der Waals surface area contributed by atoms with Crippen molar-refractivity contribution in [2.45, 2.75) is 12.5 Å². The molecule has 1 atom stereocenters. The van der Waals surface area contributed by atoms with Crippen LogP contribution >= 0.6 is 0 Å². The molecule has 5 rings (SSSR count). The van der Waals surface area contributed by atoms with E-state index < -0.39 is 5.95 Å². The maximum absolute atomic E-state index is 13.2. The van der Waals surface area contributed by atoms with Gasteiger partial charge in [-0.1, -0.05) is 6.07 Å². The molecular formula is C20H17FN4O2. The van der Waals surface area contributed by atoms with E-state index in [-0.39, 0.29) is 11.7 Å². The quantitative estimate of drug-likeness (QED) is 0.513. The van der Waals surface area contributed by atoms with Gasteiger partial charge < -0.3 is 4.74 Å². The van der Waals surface area contributed by atoms with Gasteiger partial charge in [0, 0.05) is 30.8 Å². The summed E-state index contributed by atoms with van der Waals surface area (Å²) in [5.74, 6) is -0.512. The van der Waals surface area contributed by atoms with Crippen molar-refractivity contribution in [1.82, 2.24) is 19.1 Å². The molecule has 27 heavy (non-hydrogen) atoms. The molecule has 3 aromatic heterocycles. The average molecular weight is 364 g/mol. The second-order valence-corrected chi connectivity index (χ2v) is 6.82. The summed E-state index contributed by atoms with van der Waals surface area (Å²) in [5.41, 5.74) is 4.09. The second kappa shape index (κ2) is 5.99. The monoisotopic (exact) mass is 364 g/mol. The molecular weight excluding hydrogens is 347 g/mol. The topological polar surface area (TPSA) is 61.9 Å². The highest BCUT2D eigenvalue weighted by Gasteiger charge is 2.24. The fourth-order valence-corrected chi connectivity index (χ4v) is 3.82. The number of imidazole rings is 1. The summed E-state index contributed by atoms with van der Waals surface area (Å²) in [5, 5.41) is 0.888. The molecule has 1 aliphatic rings. The zero-order valence-electron chi connectivity index (χ0n) is 14.7. The number of aryl methyl sites for hydroxylation is 1. The molecule has 1 aliphatic heterocycles. The number of hydrogen-bond donors (Lipinski definition) is 0. The number of fused-ring (bicyclic) bond motifs is 3. The predicted octanol–water partition coefficient (Wildman–Crippen LogP) is 3.05. The van der Waals surface area contributed by atoms with Crippen molar-refractivity contribution >= 4 is 21.9 Å². The lowest BCUT2D eigenvalue weighted by Gasteiger charge is -2.12. The third-order valence-corrected chi connectivity index (χ3v) is 5.25. The van der Waals surface area contributed by atoms with Crippen LogP contribution in [-0.2, 0) is 11.8 Å². The summed E-state index contributed by atoms with van der Waals surface area (Å²) in [6, 6.07) is 8.89. The van der Waals surface area contributed by atoms with Crippen LogP contribution in [0.3, 0.4) is 0 Å². The van der Waals surface area contributed by atoms with E-state index in [1.807, 2.05) is 22.8 Å². The fraction of sp³-hybridized carbons (Fsp3) is 0.250. The molecule has 0 amide bonds. The molecule has 0 saturated carbocycles. The van der Waals surface area contributed by atoms with Crippen LogP contribution in [0, 0.1) is 5.95 Å². The summed E-state index contributed by atoms with van der Waals surface area (Å²) < 4.78 is 22.1. The first-order chi connectivity index (χ1) is 13.1. The maximum Gasteiger partial charge on any atom is 0.329 e. The molecule has 4 aromatic rings. The highest BCUT2D eigenvalue weighted by molar-refractivity contribution is 6.04. The van der Waals surface area contributed by atoms with E-state index in [0.29, 0.717) is 13.2 Å². The van der Waals surface area contributed by atoms with E-state index in [2.05, 4.69) is 9.97 Å². The van der Waals surface area contributed by atoms with Gasteiger partial charge in [0.05, 0.1) is 35.4 Å². The van der Waals surface area contributed by atoms with Crippen molar-refractivity contribution < 1.29 is 9.13 Å². The standard InChI is InChI=1S/C20H17FN4O2/c1-24-17-10-22-16-4-2-12(13-3-5-18(21)23-9-13)8-15(16)19(17)25(20(24)26)14-6-7-27-11-14/h2-5,8-10,14H,6-7,11H2,1H3/t14-/m1/s1. The van der Waals surface area contributed by atoms with E-state index in [1.54, 1.807) is 23.9 Å². The third kappa shape index (κ3) is 2.46. The lowest BCUT2D eigenvalue weighted by Crippen LogP contribution is -2.26. The molecule has 7 heteroatoms. The molecule has 6 nitrogen and oxygen atoms in total. The Hall–Kier alpha value is -3.06. The summed E-state index contributed by atoms with van der Waals surface area (Å²) in [6.45, 7) is 1.19. The van der Waals surface area contributed by atoms with Crippen LogP contribution in [0.15, 0.2) is 47.5 Å². The van der Waals surface area contributed by atoms with E-state index >= 15 is 0 Å². The zero-order chi connectivity index (χ0) is 18.5. The maximum atomic E-state index is 13.2. The fourth-order valence-electron chi connectivity index (χ4n) is 3.82. The molecule has 1 saturated heterocycles. The summed E-state index contributed by atoms with van der Waals surface area (Å²) in [7, 11) is 1.76. The number of benzene rings is 1. The molecule has 0 spiro atoms. The van der Waals surface area contributed by atoms with Gasteiger partial charge in [0.25, 0.3) is 0 Å². The number of rotatable bonds is 2. The molecule has 0 bridgehead atoms. The largest absolute Gasteiger partial charge is 0.379 e. The number of hydrogen-bond acceptors (Lipinski definition) is 4. The SMILES string of the molecule is Cn1c(=O)n([C@@H]2CCOC2)c2c3cc(-c4ccc(F)nc4)ccc3ncc21. The molecule has 0 unspecified atom stereocenters. The Morgan fingerprint density at radius 1 is 1.15 bits per heavy atom. The number of ether oxygens (including phenoxy) is 1. The minimum absolute atomic E-state index is 0.0166. The first-order valence-electron chi connectivity index (χ1n) is 8.83.